The number of amides is 1. The zero-order chi connectivity index (χ0) is 18.4. The van der Waals surface area contributed by atoms with E-state index >= 15 is 0 Å². The summed E-state index contributed by atoms with van der Waals surface area (Å²) in [6.45, 7) is 4.24. The van der Waals surface area contributed by atoms with E-state index in [9.17, 15) is 9.59 Å². The normalized spacial score (nSPS) is 12.0. The van der Waals surface area contributed by atoms with E-state index in [1.165, 1.54) is 0 Å². The van der Waals surface area contributed by atoms with Gasteiger partial charge in [-0.3, -0.25) is 4.79 Å². The van der Waals surface area contributed by atoms with Gasteiger partial charge in [-0.15, -0.1) is 0 Å². The second kappa shape index (κ2) is 9.17. The van der Waals surface area contributed by atoms with Crippen LogP contribution in [0.3, 0.4) is 0 Å². The maximum atomic E-state index is 12.4. The summed E-state index contributed by atoms with van der Waals surface area (Å²) < 4.78 is 9.42. The standard InChI is InChI=1S/C17H18Cl2N2O3S/c1-10(2)8-12(16(22)20-9-11-6-4-3-5-7-11)24-17(23)14-13(18)15(19)25-21-14/h3-7,10,12H,8-9H2,1-2H3,(H,20,22). The van der Waals surface area contributed by atoms with Gasteiger partial charge in [0, 0.05) is 6.54 Å². The minimum Gasteiger partial charge on any atom is -0.447 e. The largest absolute Gasteiger partial charge is 0.447 e. The molecule has 1 amide bonds. The number of rotatable bonds is 7. The first kappa shape index (κ1) is 19.7. The van der Waals surface area contributed by atoms with Crippen LogP contribution >= 0.6 is 34.7 Å². The number of carbonyl (C=O) groups is 2. The van der Waals surface area contributed by atoms with Gasteiger partial charge in [0.15, 0.2) is 11.8 Å². The molecule has 0 spiro atoms. The predicted octanol–water partition coefficient (Wildman–Crippen LogP) is 4.34. The monoisotopic (exact) mass is 400 g/mol. The molecule has 1 heterocycles. The molecule has 25 heavy (non-hydrogen) atoms. The van der Waals surface area contributed by atoms with Crippen LogP contribution in [-0.4, -0.2) is 22.4 Å². The smallest absolute Gasteiger partial charge is 0.360 e. The molecule has 0 fully saturated rings. The molecule has 0 radical (unpaired) electrons. The fourth-order valence-electron chi connectivity index (χ4n) is 2.11. The number of esters is 1. The molecule has 0 aliphatic carbocycles. The van der Waals surface area contributed by atoms with E-state index < -0.39 is 12.1 Å². The number of nitrogens with zero attached hydrogens (tertiary/aromatic N) is 1. The Morgan fingerprint density at radius 3 is 2.48 bits per heavy atom. The Bertz CT molecular complexity index is 735. The Morgan fingerprint density at radius 1 is 1.24 bits per heavy atom. The van der Waals surface area contributed by atoms with Gasteiger partial charge in [-0.05, 0) is 29.4 Å². The Morgan fingerprint density at radius 2 is 1.92 bits per heavy atom. The summed E-state index contributed by atoms with van der Waals surface area (Å²) in [6, 6.07) is 9.49. The van der Waals surface area contributed by atoms with E-state index in [0.29, 0.717) is 13.0 Å². The van der Waals surface area contributed by atoms with Crippen LogP contribution < -0.4 is 5.32 Å². The average Bonchev–Trinajstić information content (AvgIpc) is 2.92. The average molecular weight is 401 g/mol. The van der Waals surface area contributed by atoms with E-state index in [0.717, 1.165) is 17.1 Å². The Balaban J connectivity index is 2.03. The van der Waals surface area contributed by atoms with Crippen LogP contribution in [0.25, 0.3) is 0 Å². The fraction of sp³-hybridized carbons (Fsp3) is 0.353. The van der Waals surface area contributed by atoms with E-state index in [1.54, 1.807) is 0 Å². The zero-order valence-electron chi connectivity index (χ0n) is 13.8. The Labute approximate surface area is 160 Å². The van der Waals surface area contributed by atoms with Gasteiger partial charge in [0.05, 0.1) is 0 Å². The van der Waals surface area contributed by atoms with Crippen LogP contribution in [0.15, 0.2) is 30.3 Å². The van der Waals surface area contributed by atoms with Crippen LogP contribution in [0.2, 0.25) is 9.36 Å². The summed E-state index contributed by atoms with van der Waals surface area (Å²) >= 11 is 12.6. The first-order valence-electron chi connectivity index (χ1n) is 7.71. The van der Waals surface area contributed by atoms with Crippen LogP contribution in [0.1, 0.15) is 36.3 Å². The summed E-state index contributed by atoms with van der Waals surface area (Å²) in [5, 5.41) is 2.83. The molecule has 1 aromatic heterocycles. The minimum absolute atomic E-state index is 0.0460. The van der Waals surface area contributed by atoms with Crippen LogP contribution in [-0.2, 0) is 16.1 Å². The molecule has 1 unspecified atom stereocenters. The molecule has 8 heteroatoms. The van der Waals surface area contributed by atoms with Crippen molar-refractivity contribution in [1.29, 1.82) is 0 Å². The molecule has 0 saturated carbocycles. The Kier molecular flexibility index (Phi) is 7.23. The van der Waals surface area contributed by atoms with Crippen molar-refractivity contribution in [2.24, 2.45) is 5.92 Å². The van der Waals surface area contributed by atoms with E-state index in [2.05, 4.69) is 9.69 Å². The second-order valence-electron chi connectivity index (χ2n) is 5.85. The third kappa shape index (κ3) is 5.70. The highest BCUT2D eigenvalue weighted by atomic mass is 35.5. The molecule has 2 aromatic rings. The number of ether oxygens (including phenoxy) is 1. The third-order valence-corrected chi connectivity index (χ3v) is 4.94. The number of benzene rings is 1. The summed E-state index contributed by atoms with van der Waals surface area (Å²) in [7, 11) is 0. The van der Waals surface area contributed by atoms with Crippen molar-refractivity contribution in [2.75, 3.05) is 0 Å². The van der Waals surface area contributed by atoms with E-state index in [-0.39, 0.29) is 26.9 Å². The highest BCUT2D eigenvalue weighted by Crippen LogP contribution is 2.30. The van der Waals surface area contributed by atoms with Gasteiger partial charge in [-0.1, -0.05) is 67.4 Å². The SMILES string of the molecule is CC(C)CC(OC(=O)c1nsc(Cl)c1Cl)C(=O)NCc1ccccc1. The minimum atomic E-state index is -0.923. The van der Waals surface area contributed by atoms with Gasteiger partial charge in [0.1, 0.15) is 9.36 Å². The van der Waals surface area contributed by atoms with Gasteiger partial charge < -0.3 is 10.1 Å². The highest BCUT2D eigenvalue weighted by molar-refractivity contribution is 7.11. The van der Waals surface area contributed by atoms with Gasteiger partial charge in [0.25, 0.3) is 5.91 Å². The van der Waals surface area contributed by atoms with Gasteiger partial charge in [-0.25, -0.2) is 4.79 Å². The van der Waals surface area contributed by atoms with Crippen LogP contribution in [0.5, 0.6) is 0 Å². The van der Waals surface area contributed by atoms with Crippen molar-refractivity contribution >= 4 is 46.6 Å². The molecule has 2 rings (SSSR count). The van der Waals surface area contributed by atoms with Crippen molar-refractivity contribution in [3.05, 3.63) is 50.9 Å². The molecule has 0 bridgehead atoms. The summed E-state index contributed by atoms with van der Waals surface area (Å²) in [4.78, 5) is 24.7. The van der Waals surface area contributed by atoms with Gasteiger partial charge in [0.2, 0.25) is 0 Å². The summed E-state index contributed by atoms with van der Waals surface area (Å²) in [6.07, 6.45) is -0.533. The molecule has 5 nitrogen and oxygen atoms in total. The van der Waals surface area contributed by atoms with E-state index in [4.69, 9.17) is 27.9 Å². The molecule has 0 aliphatic heterocycles. The summed E-state index contributed by atoms with van der Waals surface area (Å²) in [5.74, 6) is -0.952. The number of carbonyl (C=O) groups excluding carboxylic acids is 2. The maximum Gasteiger partial charge on any atom is 0.360 e. The molecular weight excluding hydrogens is 383 g/mol. The lowest BCUT2D eigenvalue weighted by Crippen LogP contribution is -2.38. The lowest BCUT2D eigenvalue weighted by molar-refractivity contribution is -0.131. The number of hydrogen-bond donors (Lipinski definition) is 1. The third-order valence-electron chi connectivity index (χ3n) is 3.33. The van der Waals surface area contributed by atoms with Crippen LogP contribution in [0.4, 0.5) is 0 Å². The first-order chi connectivity index (χ1) is 11.9. The van der Waals surface area contributed by atoms with Crippen molar-refractivity contribution in [3.8, 4) is 0 Å². The maximum absolute atomic E-state index is 12.4. The summed E-state index contributed by atoms with van der Waals surface area (Å²) in [5.41, 5.74) is 0.890. The molecule has 0 saturated heterocycles. The highest BCUT2D eigenvalue weighted by Gasteiger charge is 2.27. The molecule has 1 atom stereocenters. The van der Waals surface area contributed by atoms with Crippen molar-refractivity contribution < 1.29 is 14.3 Å². The molecule has 0 aliphatic rings. The quantitative estimate of drug-likeness (QED) is 0.701. The molecule has 1 aromatic carbocycles. The van der Waals surface area contributed by atoms with Crippen molar-refractivity contribution in [3.63, 3.8) is 0 Å². The second-order valence-corrected chi connectivity index (χ2v) is 7.60. The number of hydrogen-bond acceptors (Lipinski definition) is 5. The van der Waals surface area contributed by atoms with E-state index in [1.807, 2.05) is 44.2 Å². The molecule has 1 N–H and O–H groups in total. The predicted molar refractivity (Wildman–Crippen MR) is 99.1 cm³/mol. The lowest BCUT2D eigenvalue weighted by Gasteiger charge is -2.19. The van der Waals surface area contributed by atoms with Crippen molar-refractivity contribution in [2.45, 2.75) is 32.9 Å². The number of nitrogens with one attached hydrogen (secondary N) is 1. The van der Waals surface area contributed by atoms with Gasteiger partial charge >= 0.3 is 5.97 Å². The fourth-order valence-corrected chi connectivity index (χ4v) is 3.09. The first-order valence-corrected chi connectivity index (χ1v) is 9.24. The lowest BCUT2D eigenvalue weighted by atomic mass is 10.1. The van der Waals surface area contributed by atoms with Crippen molar-refractivity contribution in [1.82, 2.24) is 9.69 Å². The Hall–Kier alpha value is -1.63. The molecular formula is C17H18Cl2N2O3S. The zero-order valence-corrected chi connectivity index (χ0v) is 16.1. The van der Waals surface area contributed by atoms with Crippen LogP contribution in [0, 0.1) is 5.92 Å². The topological polar surface area (TPSA) is 68.3 Å². The van der Waals surface area contributed by atoms with Gasteiger partial charge in [-0.2, -0.15) is 4.37 Å². The number of aromatic nitrogens is 1. The number of halogens is 2. The molecule has 134 valence electrons.